The van der Waals surface area contributed by atoms with Crippen molar-refractivity contribution in [2.75, 3.05) is 0 Å². The van der Waals surface area contributed by atoms with Gasteiger partial charge in [0.25, 0.3) is 0 Å². The highest BCUT2D eigenvalue weighted by molar-refractivity contribution is 5.89. The molecule has 0 radical (unpaired) electrons. The van der Waals surface area contributed by atoms with Gasteiger partial charge in [0.1, 0.15) is 5.82 Å². The minimum Gasteiger partial charge on any atom is -0.481 e. The molecule has 0 saturated heterocycles. The molecule has 2 N–H and O–H groups in total. The van der Waals surface area contributed by atoms with Crippen LogP contribution in [0, 0.1) is 17.7 Å². The molecule has 2 atom stereocenters. The molecular weight excluding hydrogens is 294 g/mol. The Bertz CT molecular complexity index is 585. The second-order valence-corrected chi connectivity index (χ2v) is 4.80. The summed E-state index contributed by atoms with van der Waals surface area (Å²) >= 11 is 0. The molecule has 0 aliphatic heterocycles. The Morgan fingerprint density at radius 2 is 1.95 bits per heavy atom. The van der Waals surface area contributed by atoms with E-state index in [0.29, 0.717) is 6.07 Å². The van der Waals surface area contributed by atoms with Gasteiger partial charge in [0.15, 0.2) is 0 Å². The van der Waals surface area contributed by atoms with E-state index in [1.807, 2.05) is 0 Å². The Morgan fingerprint density at radius 3 is 2.48 bits per heavy atom. The minimum atomic E-state index is -4.73. The lowest BCUT2D eigenvalue weighted by Gasteiger charge is -2.13. The maximum atomic E-state index is 12.9. The lowest BCUT2D eigenvalue weighted by Crippen LogP contribution is -2.27. The van der Waals surface area contributed by atoms with E-state index in [4.69, 9.17) is 5.11 Å². The SMILES string of the molecule is O=C(O)[C@H]1C[C@H]1C(=O)NCc1ccc(F)cc1C(F)(F)F. The Kier molecular flexibility index (Phi) is 3.89. The van der Waals surface area contributed by atoms with Crippen LogP contribution in [0.1, 0.15) is 17.5 Å². The Hall–Kier alpha value is -2.12. The van der Waals surface area contributed by atoms with Crippen molar-refractivity contribution in [2.24, 2.45) is 11.8 Å². The topological polar surface area (TPSA) is 66.4 Å². The lowest BCUT2D eigenvalue weighted by atomic mass is 10.1. The van der Waals surface area contributed by atoms with Gasteiger partial charge in [-0.05, 0) is 24.1 Å². The molecule has 0 spiro atoms. The quantitative estimate of drug-likeness (QED) is 0.838. The fourth-order valence-corrected chi connectivity index (χ4v) is 2.04. The molecule has 2 rings (SSSR count). The molecule has 0 aromatic heterocycles. The number of rotatable bonds is 4. The molecule has 21 heavy (non-hydrogen) atoms. The van der Waals surface area contributed by atoms with Crippen molar-refractivity contribution in [3.63, 3.8) is 0 Å². The first-order chi connectivity index (χ1) is 9.70. The van der Waals surface area contributed by atoms with Gasteiger partial charge in [0.2, 0.25) is 5.91 Å². The molecule has 1 aliphatic rings. The van der Waals surface area contributed by atoms with Crippen LogP contribution in [-0.4, -0.2) is 17.0 Å². The van der Waals surface area contributed by atoms with Crippen molar-refractivity contribution >= 4 is 11.9 Å². The van der Waals surface area contributed by atoms with Crippen LogP contribution >= 0.6 is 0 Å². The van der Waals surface area contributed by atoms with E-state index in [9.17, 15) is 27.2 Å². The van der Waals surface area contributed by atoms with Crippen LogP contribution in [-0.2, 0) is 22.3 Å². The fraction of sp³-hybridized carbons (Fsp3) is 0.385. The number of halogens is 4. The molecule has 8 heteroatoms. The first-order valence-corrected chi connectivity index (χ1v) is 6.06. The van der Waals surface area contributed by atoms with E-state index in [1.54, 1.807) is 0 Å². The first kappa shape index (κ1) is 15.3. The number of hydrogen-bond acceptors (Lipinski definition) is 2. The molecule has 4 nitrogen and oxygen atoms in total. The van der Waals surface area contributed by atoms with Crippen molar-refractivity contribution in [3.8, 4) is 0 Å². The molecule has 0 bridgehead atoms. The molecule has 114 valence electrons. The molecule has 1 saturated carbocycles. The maximum Gasteiger partial charge on any atom is 0.416 e. The number of carboxylic acid groups (broad SMARTS) is 1. The summed E-state index contributed by atoms with van der Waals surface area (Å²) in [6.07, 6.45) is -4.55. The van der Waals surface area contributed by atoms with Gasteiger partial charge in [-0.25, -0.2) is 4.39 Å². The average Bonchev–Trinajstić information content (AvgIpc) is 3.16. The number of carbonyl (C=O) groups is 2. The van der Waals surface area contributed by atoms with E-state index in [1.165, 1.54) is 0 Å². The van der Waals surface area contributed by atoms with Gasteiger partial charge in [-0.1, -0.05) is 6.07 Å². The van der Waals surface area contributed by atoms with Gasteiger partial charge in [-0.3, -0.25) is 9.59 Å². The summed E-state index contributed by atoms with van der Waals surface area (Å²) < 4.78 is 51.1. The normalized spacial score (nSPS) is 21.0. The van der Waals surface area contributed by atoms with Gasteiger partial charge in [-0.15, -0.1) is 0 Å². The second kappa shape index (κ2) is 5.34. The Balaban J connectivity index is 2.04. The predicted octanol–water partition coefficient (Wildman–Crippen LogP) is 2.18. The number of amides is 1. The number of nitrogens with one attached hydrogen (secondary N) is 1. The number of benzene rings is 1. The number of aliphatic carboxylic acids is 1. The molecule has 1 aliphatic carbocycles. The third-order valence-electron chi connectivity index (χ3n) is 3.27. The summed E-state index contributed by atoms with van der Waals surface area (Å²) in [5, 5.41) is 10.9. The number of carboxylic acids is 1. The van der Waals surface area contributed by atoms with Crippen molar-refractivity contribution in [1.29, 1.82) is 0 Å². The standard InChI is InChI=1S/C13H11F4NO3/c14-7-2-1-6(10(3-7)13(15,16)17)5-18-11(19)8-4-9(8)12(20)21/h1-3,8-9H,4-5H2,(H,18,19)(H,20,21)/t8-,9+/m1/s1. The summed E-state index contributed by atoms with van der Waals surface area (Å²) in [7, 11) is 0. The highest BCUT2D eigenvalue weighted by atomic mass is 19.4. The second-order valence-electron chi connectivity index (χ2n) is 4.80. The number of alkyl halides is 3. The molecule has 1 aromatic rings. The van der Waals surface area contributed by atoms with Crippen molar-refractivity contribution in [2.45, 2.75) is 19.1 Å². The zero-order chi connectivity index (χ0) is 15.8. The highest BCUT2D eigenvalue weighted by Crippen LogP contribution is 2.39. The molecule has 1 aromatic carbocycles. The number of carbonyl (C=O) groups excluding carboxylic acids is 1. The third-order valence-corrected chi connectivity index (χ3v) is 3.27. The van der Waals surface area contributed by atoms with Crippen molar-refractivity contribution in [1.82, 2.24) is 5.32 Å². The summed E-state index contributed by atoms with van der Waals surface area (Å²) in [6.45, 7) is -0.434. The van der Waals surface area contributed by atoms with Crippen LogP contribution in [0.3, 0.4) is 0 Å². The fourth-order valence-electron chi connectivity index (χ4n) is 2.04. The van der Waals surface area contributed by atoms with Gasteiger partial charge in [-0.2, -0.15) is 13.2 Å². The van der Waals surface area contributed by atoms with Crippen LogP contribution < -0.4 is 5.32 Å². The van der Waals surface area contributed by atoms with E-state index in [0.717, 1.165) is 12.1 Å². The van der Waals surface area contributed by atoms with E-state index < -0.39 is 47.8 Å². The molecular formula is C13H11F4NO3. The first-order valence-electron chi connectivity index (χ1n) is 6.06. The van der Waals surface area contributed by atoms with Crippen LogP contribution in [0.4, 0.5) is 17.6 Å². The molecule has 0 heterocycles. The Morgan fingerprint density at radius 1 is 1.29 bits per heavy atom. The predicted molar refractivity (Wildman–Crippen MR) is 62.5 cm³/mol. The van der Waals surface area contributed by atoms with Gasteiger partial charge >= 0.3 is 12.1 Å². The summed E-state index contributed by atoms with van der Waals surface area (Å²) in [4.78, 5) is 22.2. The molecule has 0 unspecified atom stereocenters. The highest BCUT2D eigenvalue weighted by Gasteiger charge is 2.48. The van der Waals surface area contributed by atoms with E-state index >= 15 is 0 Å². The largest absolute Gasteiger partial charge is 0.481 e. The zero-order valence-electron chi connectivity index (χ0n) is 10.6. The summed E-state index contributed by atoms with van der Waals surface area (Å²) in [6, 6.07) is 2.17. The van der Waals surface area contributed by atoms with Crippen molar-refractivity contribution in [3.05, 3.63) is 35.1 Å². The van der Waals surface area contributed by atoms with Crippen LogP contribution in [0.25, 0.3) is 0 Å². The smallest absolute Gasteiger partial charge is 0.416 e. The summed E-state index contributed by atoms with van der Waals surface area (Å²) in [5.74, 6) is -4.23. The maximum absolute atomic E-state index is 12.9. The van der Waals surface area contributed by atoms with Crippen LogP contribution in [0.5, 0.6) is 0 Å². The molecule has 1 amide bonds. The monoisotopic (exact) mass is 305 g/mol. The number of hydrogen-bond donors (Lipinski definition) is 2. The average molecular weight is 305 g/mol. The summed E-state index contributed by atoms with van der Waals surface area (Å²) in [5.41, 5.74) is -1.43. The van der Waals surface area contributed by atoms with Crippen LogP contribution in [0.2, 0.25) is 0 Å². The minimum absolute atomic E-state index is 0.177. The molecule has 1 fully saturated rings. The van der Waals surface area contributed by atoms with Crippen LogP contribution in [0.15, 0.2) is 18.2 Å². The van der Waals surface area contributed by atoms with Gasteiger partial charge in [0.05, 0.1) is 17.4 Å². The van der Waals surface area contributed by atoms with Gasteiger partial charge < -0.3 is 10.4 Å². The Labute approximate surface area is 116 Å². The van der Waals surface area contributed by atoms with E-state index in [2.05, 4.69) is 5.32 Å². The van der Waals surface area contributed by atoms with Gasteiger partial charge in [0, 0.05) is 6.54 Å². The van der Waals surface area contributed by atoms with E-state index in [-0.39, 0.29) is 12.0 Å². The lowest BCUT2D eigenvalue weighted by molar-refractivity contribution is -0.140. The van der Waals surface area contributed by atoms with Crippen molar-refractivity contribution < 1.29 is 32.3 Å². The zero-order valence-corrected chi connectivity index (χ0v) is 10.6. The third kappa shape index (κ3) is 3.50.